The van der Waals surface area contributed by atoms with E-state index in [1.165, 1.54) is 12.1 Å². The van der Waals surface area contributed by atoms with Crippen LogP contribution in [-0.2, 0) is 9.84 Å². The number of fused-ring (bicyclic) bond motifs is 1. The smallest absolute Gasteiger partial charge is 0.198 e. The highest BCUT2D eigenvalue weighted by Gasteiger charge is 2.25. The van der Waals surface area contributed by atoms with E-state index in [1.54, 1.807) is 43.1 Å². The quantitative estimate of drug-likeness (QED) is 0.638. The molecule has 8 heteroatoms. The van der Waals surface area contributed by atoms with Crippen molar-refractivity contribution in [1.29, 1.82) is 0 Å². The third-order valence-corrected chi connectivity index (χ3v) is 6.68. The first-order valence-corrected chi connectivity index (χ1v) is 10.3. The van der Waals surface area contributed by atoms with Crippen LogP contribution < -0.4 is 5.73 Å². The van der Waals surface area contributed by atoms with Crippen LogP contribution in [-0.4, -0.2) is 23.6 Å². The number of benzene rings is 2. The number of H-pyrrole nitrogens is 1. The van der Waals surface area contributed by atoms with Crippen LogP contribution >= 0.6 is 15.9 Å². The summed E-state index contributed by atoms with van der Waals surface area (Å²) < 4.78 is 39.3. The van der Waals surface area contributed by atoms with Gasteiger partial charge in [-0.25, -0.2) is 17.8 Å². The van der Waals surface area contributed by atoms with Gasteiger partial charge in [0.15, 0.2) is 15.8 Å². The highest BCUT2D eigenvalue weighted by molar-refractivity contribution is 9.11. The molecule has 0 saturated carbocycles. The Bertz CT molecular complexity index is 1120. The number of aromatic amines is 1. The summed E-state index contributed by atoms with van der Waals surface area (Å²) in [5.74, 6) is -0.247. The first kappa shape index (κ1) is 18.6. The molecule has 0 fully saturated rings. The molecular weight excluding hydrogens is 421 g/mol. The molecule has 26 heavy (non-hydrogen) atoms. The Morgan fingerprint density at radius 2 is 2.00 bits per heavy atom. The van der Waals surface area contributed by atoms with E-state index in [9.17, 15) is 12.8 Å². The number of sulfone groups is 1. The monoisotopic (exact) mass is 437 g/mol. The van der Waals surface area contributed by atoms with Crippen LogP contribution in [0.4, 0.5) is 10.3 Å². The molecule has 0 unspecified atom stereocenters. The van der Waals surface area contributed by atoms with E-state index in [1.807, 2.05) is 0 Å². The van der Waals surface area contributed by atoms with Crippen LogP contribution in [0.5, 0.6) is 0 Å². The van der Waals surface area contributed by atoms with Gasteiger partial charge in [0.1, 0.15) is 11.3 Å². The highest BCUT2D eigenvalue weighted by atomic mass is 79.9. The van der Waals surface area contributed by atoms with Gasteiger partial charge in [-0.2, -0.15) is 0 Å². The van der Waals surface area contributed by atoms with Crippen molar-refractivity contribution in [3.8, 4) is 0 Å². The van der Waals surface area contributed by atoms with Gasteiger partial charge in [-0.05, 0) is 59.8 Å². The van der Waals surface area contributed by atoms with Gasteiger partial charge < -0.3 is 10.7 Å². The molecule has 136 valence electrons. The predicted molar refractivity (Wildman–Crippen MR) is 105 cm³/mol. The molecule has 0 saturated heterocycles. The number of halogens is 2. The molecule has 0 bridgehead atoms. The van der Waals surface area contributed by atoms with Gasteiger partial charge in [0.2, 0.25) is 0 Å². The number of imidazole rings is 1. The molecule has 3 rings (SSSR count). The number of anilines is 1. The fourth-order valence-corrected chi connectivity index (χ4v) is 4.43. The number of nitrogen functional groups attached to an aromatic ring is 1. The third-order valence-electron chi connectivity index (χ3n) is 4.05. The van der Waals surface area contributed by atoms with E-state index in [0.717, 1.165) is 0 Å². The molecule has 0 aliphatic carbocycles. The zero-order chi connectivity index (χ0) is 19.1. The standard InChI is InChI=1S/C18H17BrFN3O2S/c1-10(2)26(24,25)16-8-12(7-15-17(16)23-18(21)22-15)14(9-19)11-4-3-5-13(20)6-11/h3-10H,1-2H3,(H3,21,22,23)/b14-9+. The Hall–Kier alpha value is -2.19. The van der Waals surface area contributed by atoms with Gasteiger partial charge >= 0.3 is 0 Å². The molecule has 0 atom stereocenters. The number of nitrogens with one attached hydrogen (secondary N) is 1. The molecule has 1 aromatic heterocycles. The van der Waals surface area contributed by atoms with E-state index in [0.29, 0.717) is 27.7 Å². The van der Waals surface area contributed by atoms with Crippen LogP contribution in [0.15, 0.2) is 46.3 Å². The van der Waals surface area contributed by atoms with E-state index in [2.05, 4.69) is 25.9 Å². The first-order chi connectivity index (χ1) is 12.2. The highest BCUT2D eigenvalue weighted by Crippen LogP contribution is 2.33. The maximum absolute atomic E-state index is 13.6. The summed E-state index contributed by atoms with van der Waals surface area (Å²) in [6.45, 7) is 3.22. The van der Waals surface area contributed by atoms with Gasteiger partial charge in [0.25, 0.3) is 0 Å². The molecule has 0 amide bonds. The Morgan fingerprint density at radius 3 is 2.62 bits per heavy atom. The summed E-state index contributed by atoms with van der Waals surface area (Å²) in [7, 11) is -3.60. The van der Waals surface area contributed by atoms with Gasteiger partial charge in [-0.15, -0.1) is 0 Å². The molecule has 3 aromatic rings. The zero-order valence-electron chi connectivity index (χ0n) is 14.1. The topological polar surface area (TPSA) is 88.8 Å². The average molecular weight is 438 g/mol. The molecule has 0 aliphatic heterocycles. The average Bonchev–Trinajstić information content (AvgIpc) is 2.94. The largest absolute Gasteiger partial charge is 0.369 e. The summed E-state index contributed by atoms with van der Waals surface area (Å²) in [6, 6.07) is 9.38. The van der Waals surface area contributed by atoms with Crippen molar-refractivity contribution >= 4 is 48.3 Å². The van der Waals surface area contributed by atoms with Crippen LogP contribution in [0.1, 0.15) is 25.0 Å². The van der Waals surface area contributed by atoms with Crippen molar-refractivity contribution in [3.05, 3.63) is 58.3 Å². The number of rotatable bonds is 4. The Morgan fingerprint density at radius 1 is 1.27 bits per heavy atom. The van der Waals surface area contributed by atoms with Crippen molar-refractivity contribution in [2.45, 2.75) is 24.0 Å². The maximum atomic E-state index is 13.6. The van der Waals surface area contributed by atoms with E-state index in [4.69, 9.17) is 5.73 Å². The van der Waals surface area contributed by atoms with Crippen molar-refractivity contribution in [1.82, 2.24) is 9.97 Å². The molecule has 0 aliphatic rings. The zero-order valence-corrected chi connectivity index (χ0v) is 16.5. The normalized spacial score (nSPS) is 12.9. The van der Waals surface area contributed by atoms with Crippen molar-refractivity contribution in [2.75, 3.05) is 5.73 Å². The minimum absolute atomic E-state index is 0.0937. The lowest BCUT2D eigenvalue weighted by molar-refractivity contribution is 0.588. The van der Waals surface area contributed by atoms with Gasteiger partial charge in [0.05, 0.1) is 15.7 Å². The summed E-state index contributed by atoms with van der Waals surface area (Å²) in [4.78, 5) is 8.73. The molecule has 2 aromatic carbocycles. The summed E-state index contributed by atoms with van der Waals surface area (Å²) >= 11 is 3.30. The summed E-state index contributed by atoms with van der Waals surface area (Å²) in [5.41, 5.74) is 8.39. The second-order valence-corrected chi connectivity index (χ2v) is 9.05. The van der Waals surface area contributed by atoms with Crippen LogP contribution in [0, 0.1) is 5.82 Å². The van der Waals surface area contributed by atoms with Gasteiger partial charge in [-0.3, -0.25) is 0 Å². The van der Waals surface area contributed by atoms with E-state index < -0.39 is 15.1 Å². The number of nitrogens with zero attached hydrogens (tertiary/aromatic N) is 1. The van der Waals surface area contributed by atoms with E-state index in [-0.39, 0.29) is 16.7 Å². The lowest BCUT2D eigenvalue weighted by Gasteiger charge is -2.13. The third kappa shape index (κ3) is 3.26. The molecule has 3 N–H and O–H groups in total. The SMILES string of the molecule is CC(C)S(=O)(=O)c1cc(/C(=C/Br)c2cccc(F)c2)cc2[nH]c(N)nc12. The minimum atomic E-state index is -3.60. The summed E-state index contributed by atoms with van der Waals surface area (Å²) in [5, 5.41) is -0.621. The van der Waals surface area contributed by atoms with Crippen LogP contribution in [0.25, 0.3) is 16.6 Å². The molecule has 5 nitrogen and oxygen atoms in total. The maximum Gasteiger partial charge on any atom is 0.198 e. The lowest BCUT2D eigenvalue weighted by atomic mass is 9.99. The predicted octanol–water partition coefficient (Wildman–Crippen LogP) is 4.25. The van der Waals surface area contributed by atoms with Crippen LogP contribution in [0.2, 0.25) is 0 Å². The fourth-order valence-electron chi connectivity index (χ4n) is 2.68. The molecule has 0 radical (unpaired) electrons. The van der Waals surface area contributed by atoms with E-state index >= 15 is 0 Å². The Labute approximate surface area is 159 Å². The second-order valence-electron chi connectivity index (χ2n) is 6.12. The molecule has 0 spiro atoms. The van der Waals surface area contributed by atoms with Gasteiger partial charge in [-0.1, -0.05) is 28.1 Å². The lowest BCUT2D eigenvalue weighted by Crippen LogP contribution is -2.15. The number of hydrogen-bond donors (Lipinski definition) is 2. The van der Waals surface area contributed by atoms with Crippen molar-refractivity contribution < 1.29 is 12.8 Å². The van der Waals surface area contributed by atoms with Gasteiger partial charge in [0, 0.05) is 0 Å². The number of aromatic nitrogens is 2. The van der Waals surface area contributed by atoms with Crippen molar-refractivity contribution in [3.63, 3.8) is 0 Å². The van der Waals surface area contributed by atoms with Crippen molar-refractivity contribution in [2.24, 2.45) is 0 Å². The Balaban J connectivity index is 2.31. The van der Waals surface area contributed by atoms with Crippen LogP contribution in [0.3, 0.4) is 0 Å². The number of hydrogen-bond acceptors (Lipinski definition) is 4. The fraction of sp³-hybridized carbons (Fsp3) is 0.167. The Kier molecular flexibility index (Phi) is 4.90. The number of nitrogens with two attached hydrogens (primary N) is 1. The molecular formula is C18H17BrFN3O2S. The second kappa shape index (κ2) is 6.85. The first-order valence-electron chi connectivity index (χ1n) is 7.84. The minimum Gasteiger partial charge on any atom is -0.369 e. The molecule has 1 heterocycles. The summed E-state index contributed by atoms with van der Waals surface area (Å²) in [6.07, 6.45) is 0.